The van der Waals surface area contributed by atoms with Gasteiger partial charge >= 0.3 is 0 Å². The molecule has 0 aliphatic rings. The molecule has 0 saturated heterocycles. The van der Waals surface area contributed by atoms with Gasteiger partial charge in [0.05, 0.1) is 4.90 Å². The molecule has 0 spiro atoms. The van der Waals surface area contributed by atoms with Crippen molar-refractivity contribution < 1.29 is 17.4 Å². The molecule has 0 radical (unpaired) electrons. The van der Waals surface area contributed by atoms with Crippen molar-refractivity contribution in [2.45, 2.75) is 14.9 Å². The third-order valence-corrected chi connectivity index (χ3v) is 6.52. The van der Waals surface area contributed by atoms with Crippen molar-refractivity contribution in [3.05, 3.63) is 60.4 Å². The summed E-state index contributed by atoms with van der Waals surface area (Å²) in [5.41, 5.74) is 0.706. The van der Waals surface area contributed by atoms with E-state index >= 15 is 0 Å². The van der Waals surface area contributed by atoms with E-state index in [1.165, 1.54) is 23.0 Å². The van der Waals surface area contributed by atoms with Crippen molar-refractivity contribution in [3.63, 3.8) is 0 Å². The first kappa shape index (κ1) is 17.7. The number of hydrogen-bond donors (Lipinski definition) is 0. The fraction of sp³-hybridized carbons (Fsp3) is 0.118. The number of benzene rings is 2. The Hall–Kier alpha value is -2.16. The maximum atomic E-state index is 13.1. The molecule has 1 unspecified atom stereocenters. The van der Waals surface area contributed by atoms with Gasteiger partial charge in [0.15, 0.2) is 0 Å². The van der Waals surface area contributed by atoms with Gasteiger partial charge < -0.3 is 4.55 Å². The minimum absolute atomic E-state index is 0.0988. The first-order chi connectivity index (χ1) is 11.8. The summed E-state index contributed by atoms with van der Waals surface area (Å²) >= 11 is -1.58. The lowest BCUT2D eigenvalue weighted by Gasteiger charge is -2.08. The highest BCUT2D eigenvalue weighted by atomic mass is 32.2. The Kier molecular flexibility index (Phi) is 4.68. The number of halogens is 1. The van der Waals surface area contributed by atoms with Crippen LogP contribution in [0.1, 0.15) is 0 Å². The fourth-order valence-electron chi connectivity index (χ4n) is 2.52. The lowest BCUT2D eigenvalue weighted by atomic mass is 10.2. The van der Waals surface area contributed by atoms with E-state index in [4.69, 9.17) is 0 Å². The minimum atomic E-state index is -4.03. The number of rotatable bonds is 4. The van der Waals surface area contributed by atoms with Crippen molar-refractivity contribution >= 4 is 21.0 Å². The Morgan fingerprint density at radius 1 is 1.08 bits per heavy atom. The number of sulfone groups is 1. The van der Waals surface area contributed by atoms with Gasteiger partial charge in [-0.1, -0.05) is 30.3 Å². The molecule has 25 heavy (non-hydrogen) atoms. The van der Waals surface area contributed by atoms with Gasteiger partial charge in [-0.25, -0.2) is 17.8 Å². The van der Waals surface area contributed by atoms with E-state index < -0.39 is 26.8 Å². The van der Waals surface area contributed by atoms with Crippen LogP contribution in [0, 0.1) is 5.82 Å². The van der Waals surface area contributed by atoms with Gasteiger partial charge in [-0.15, -0.1) is 0 Å². The predicted octanol–water partition coefficient (Wildman–Crippen LogP) is 2.80. The van der Waals surface area contributed by atoms with Gasteiger partial charge in [0, 0.05) is 23.8 Å². The molecule has 0 N–H and O–H groups in total. The van der Waals surface area contributed by atoms with Crippen LogP contribution in [-0.2, 0) is 28.1 Å². The van der Waals surface area contributed by atoms with Crippen LogP contribution >= 0.6 is 0 Å². The van der Waals surface area contributed by atoms with Crippen LogP contribution in [0.15, 0.2) is 69.5 Å². The van der Waals surface area contributed by atoms with Crippen LogP contribution < -0.4 is 0 Å². The van der Waals surface area contributed by atoms with Gasteiger partial charge in [-0.2, -0.15) is 0 Å². The lowest BCUT2D eigenvalue weighted by Crippen LogP contribution is -2.12. The summed E-state index contributed by atoms with van der Waals surface area (Å²) < 4.78 is 52.7. The summed E-state index contributed by atoms with van der Waals surface area (Å²) in [6.07, 6.45) is 1.40. The van der Waals surface area contributed by atoms with Crippen LogP contribution in [0.5, 0.6) is 0 Å². The van der Waals surface area contributed by atoms with Crippen molar-refractivity contribution in [2.24, 2.45) is 7.05 Å². The SMILES string of the molecule is Cn1c(-c2ccccc2)nc(S(=O)(=O)c2ccc(F)cc2)c1[S+](C)[O-]. The third kappa shape index (κ3) is 3.20. The van der Waals surface area contributed by atoms with Gasteiger partial charge in [0.1, 0.15) is 17.9 Å². The fourth-order valence-corrected chi connectivity index (χ4v) is 5.26. The monoisotopic (exact) mass is 378 g/mol. The van der Waals surface area contributed by atoms with Crippen molar-refractivity contribution in [1.82, 2.24) is 9.55 Å². The maximum Gasteiger partial charge on any atom is 0.264 e. The molecule has 3 aromatic rings. The van der Waals surface area contributed by atoms with Crippen LogP contribution in [0.3, 0.4) is 0 Å². The molecular formula is C17H15FN2O3S2. The minimum Gasteiger partial charge on any atom is -0.610 e. The van der Waals surface area contributed by atoms with Crippen molar-refractivity contribution in [3.8, 4) is 11.4 Å². The van der Waals surface area contributed by atoms with E-state index in [1.54, 1.807) is 31.3 Å². The second-order valence-corrected chi connectivity index (χ2v) is 8.54. The van der Waals surface area contributed by atoms with E-state index in [9.17, 15) is 17.4 Å². The molecular weight excluding hydrogens is 363 g/mol. The molecule has 0 fully saturated rings. The molecule has 1 heterocycles. The van der Waals surface area contributed by atoms with Crippen LogP contribution in [0.2, 0.25) is 0 Å². The summed E-state index contributed by atoms with van der Waals surface area (Å²) in [6, 6.07) is 13.5. The highest BCUT2D eigenvalue weighted by Crippen LogP contribution is 2.31. The largest absolute Gasteiger partial charge is 0.610 e. The first-order valence-corrected chi connectivity index (χ1v) is 10.3. The van der Waals surface area contributed by atoms with E-state index in [0.29, 0.717) is 11.4 Å². The van der Waals surface area contributed by atoms with Gasteiger partial charge in [0.25, 0.3) is 5.03 Å². The summed E-state index contributed by atoms with van der Waals surface area (Å²) in [5, 5.41) is -0.176. The van der Waals surface area contributed by atoms with E-state index in [-0.39, 0.29) is 14.9 Å². The topological polar surface area (TPSA) is 75.0 Å². The number of hydrogen-bond acceptors (Lipinski definition) is 4. The summed E-state index contributed by atoms with van der Waals surface area (Å²) in [6.45, 7) is 0. The molecule has 130 valence electrons. The lowest BCUT2D eigenvalue weighted by molar-refractivity contribution is 0.573. The average Bonchev–Trinajstić information content (AvgIpc) is 2.94. The molecule has 0 amide bonds. The Morgan fingerprint density at radius 2 is 1.68 bits per heavy atom. The molecule has 0 saturated carbocycles. The zero-order chi connectivity index (χ0) is 18.2. The maximum absolute atomic E-state index is 13.1. The Morgan fingerprint density at radius 3 is 2.24 bits per heavy atom. The molecule has 5 nitrogen and oxygen atoms in total. The van der Waals surface area contributed by atoms with Gasteiger partial charge in [0.2, 0.25) is 14.9 Å². The molecule has 1 atom stereocenters. The van der Waals surface area contributed by atoms with Crippen molar-refractivity contribution in [1.29, 1.82) is 0 Å². The Labute approximate surface area is 148 Å². The smallest absolute Gasteiger partial charge is 0.264 e. The quantitative estimate of drug-likeness (QED) is 0.517. The zero-order valence-corrected chi connectivity index (χ0v) is 15.1. The van der Waals surface area contributed by atoms with Crippen LogP contribution in [-0.4, -0.2) is 28.8 Å². The Balaban J connectivity index is 2.24. The summed E-state index contributed by atoms with van der Waals surface area (Å²) in [7, 11) is -2.41. The van der Waals surface area contributed by atoms with E-state index in [2.05, 4.69) is 4.98 Å². The normalized spacial score (nSPS) is 13.0. The molecule has 1 aromatic heterocycles. The van der Waals surface area contributed by atoms with E-state index in [1.807, 2.05) is 6.07 Å². The molecule has 8 heteroatoms. The molecule has 0 aliphatic carbocycles. The number of imidazole rings is 1. The number of nitrogens with zero attached hydrogens (tertiary/aromatic N) is 2. The average molecular weight is 378 g/mol. The number of aromatic nitrogens is 2. The molecule has 3 rings (SSSR count). The van der Waals surface area contributed by atoms with Gasteiger partial charge in [-0.05, 0) is 24.3 Å². The summed E-state index contributed by atoms with van der Waals surface area (Å²) in [4.78, 5) is 4.16. The third-order valence-electron chi connectivity index (χ3n) is 3.70. The zero-order valence-electron chi connectivity index (χ0n) is 13.5. The predicted molar refractivity (Wildman–Crippen MR) is 92.8 cm³/mol. The molecule has 2 aromatic carbocycles. The highest BCUT2D eigenvalue weighted by molar-refractivity contribution is 7.94. The van der Waals surface area contributed by atoms with Crippen LogP contribution in [0.25, 0.3) is 11.4 Å². The highest BCUT2D eigenvalue weighted by Gasteiger charge is 2.33. The second kappa shape index (κ2) is 6.62. The standard InChI is InChI=1S/C17H15FN2O3S2/c1-20-15(12-6-4-3-5-7-12)19-16(17(20)24(2)21)25(22,23)14-10-8-13(18)9-11-14/h3-11H,1-2H3. The van der Waals surface area contributed by atoms with Crippen molar-refractivity contribution in [2.75, 3.05) is 6.26 Å². The summed E-state index contributed by atoms with van der Waals surface area (Å²) in [5.74, 6) is -0.143. The van der Waals surface area contributed by atoms with Crippen LogP contribution in [0.4, 0.5) is 4.39 Å². The molecule has 0 bridgehead atoms. The first-order valence-electron chi connectivity index (χ1n) is 7.28. The van der Waals surface area contributed by atoms with Gasteiger partial charge in [-0.3, -0.25) is 4.57 Å². The molecule has 0 aliphatic heterocycles. The Bertz CT molecular complexity index is 998. The van der Waals surface area contributed by atoms with E-state index in [0.717, 1.165) is 12.1 Å². The second-order valence-electron chi connectivity index (χ2n) is 5.38.